The highest BCUT2D eigenvalue weighted by atomic mass is 16.1. The Labute approximate surface area is 107 Å². The minimum atomic E-state index is 0.268. The second-order valence-corrected chi connectivity index (χ2v) is 5.45. The number of Topliss-reactive ketones (excluding diaryl/α,β-unsaturated/α-hetero) is 1. The van der Waals surface area contributed by atoms with Crippen LogP contribution in [0.15, 0.2) is 12.1 Å². The molecule has 0 radical (unpaired) electrons. The summed E-state index contributed by atoms with van der Waals surface area (Å²) < 4.78 is 0. The lowest BCUT2D eigenvalue weighted by atomic mass is 10.0. The Morgan fingerprint density at radius 2 is 2.00 bits per heavy atom. The molecule has 0 spiro atoms. The van der Waals surface area contributed by atoms with Crippen molar-refractivity contribution in [2.45, 2.75) is 46.0 Å². The molecule has 1 aliphatic rings. The minimum Gasteiger partial charge on any atom is -0.358 e. The molecule has 0 bridgehead atoms. The number of H-pyrrole nitrogens is 1. The van der Waals surface area contributed by atoms with Gasteiger partial charge in [0.1, 0.15) is 5.78 Å². The maximum absolute atomic E-state index is 11.2. The van der Waals surface area contributed by atoms with Crippen molar-refractivity contribution in [3.63, 3.8) is 0 Å². The van der Waals surface area contributed by atoms with Crippen molar-refractivity contribution < 1.29 is 4.79 Å². The van der Waals surface area contributed by atoms with Crippen molar-refractivity contribution >= 4 is 16.7 Å². The third-order valence-corrected chi connectivity index (χ3v) is 4.06. The molecular formula is C16H19NO. The quantitative estimate of drug-likeness (QED) is 0.876. The molecule has 0 atom stereocenters. The molecule has 3 rings (SSSR count). The van der Waals surface area contributed by atoms with Crippen molar-refractivity contribution in [2.75, 3.05) is 0 Å². The number of nitrogens with one attached hydrogen (secondary N) is 1. The van der Waals surface area contributed by atoms with E-state index >= 15 is 0 Å². The predicted molar refractivity (Wildman–Crippen MR) is 74.1 cm³/mol. The molecule has 18 heavy (non-hydrogen) atoms. The maximum Gasteiger partial charge on any atom is 0.130 e. The van der Waals surface area contributed by atoms with Crippen LogP contribution in [0.25, 0.3) is 10.9 Å². The number of hydrogen-bond acceptors (Lipinski definition) is 1. The number of fused-ring (bicyclic) bond motifs is 2. The first-order chi connectivity index (χ1) is 8.65. The fourth-order valence-electron chi connectivity index (χ4n) is 3.08. The highest BCUT2D eigenvalue weighted by Gasteiger charge is 2.15. The van der Waals surface area contributed by atoms with E-state index in [9.17, 15) is 4.79 Å². The van der Waals surface area contributed by atoms with E-state index in [0.717, 1.165) is 6.42 Å². The van der Waals surface area contributed by atoms with Crippen LogP contribution in [0.5, 0.6) is 0 Å². The normalized spacial score (nSPS) is 14.1. The summed E-state index contributed by atoms with van der Waals surface area (Å²) in [7, 11) is 0. The number of benzene rings is 1. The molecule has 1 aromatic carbocycles. The summed E-state index contributed by atoms with van der Waals surface area (Å²) in [5.41, 5.74) is 6.80. The highest BCUT2D eigenvalue weighted by Crippen LogP contribution is 2.31. The summed E-state index contributed by atoms with van der Waals surface area (Å²) in [6.07, 6.45) is 5.21. The fraction of sp³-hybridized carbons (Fsp3) is 0.438. The average molecular weight is 241 g/mol. The molecular weight excluding hydrogens is 222 g/mol. The van der Waals surface area contributed by atoms with Gasteiger partial charge in [-0.15, -0.1) is 0 Å². The molecule has 1 aliphatic carbocycles. The third-order valence-electron chi connectivity index (χ3n) is 4.06. The lowest BCUT2D eigenvalue weighted by Gasteiger charge is -2.02. The van der Waals surface area contributed by atoms with Gasteiger partial charge >= 0.3 is 0 Å². The first kappa shape index (κ1) is 11.5. The van der Waals surface area contributed by atoms with Gasteiger partial charge < -0.3 is 9.78 Å². The topological polar surface area (TPSA) is 32.9 Å². The number of hydrogen-bond donors (Lipinski definition) is 1. The molecule has 1 aromatic heterocycles. The molecule has 0 fully saturated rings. The lowest BCUT2D eigenvalue weighted by Crippen LogP contribution is -1.95. The van der Waals surface area contributed by atoms with Gasteiger partial charge in [-0.2, -0.15) is 0 Å². The highest BCUT2D eigenvalue weighted by molar-refractivity contribution is 5.87. The smallest absolute Gasteiger partial charge is 0.130 e. The third kappa shape index (κ3) is 1.86. The van der Waals surface area contributed by atoms with Gasteiger partial charge in [0.25, 0.3) is 0 Å². The molecule has 2 nitrogen and oxygen atoms in total. The van der Waals surface area contributed by atoms with Gasteiger partial charge in [0.05, 0.1) is 0 Å². The van der Waals surface area contributed by atoms with Gasteiger partial charge in [-0.3, -0.25) is 0 Å². The predicted octanol–water partition coefficient (Wildman–Crippen LogP) is 3.49. The number of carbonyl (C=O) groups is 1. The van der Waals surface area contributed by atoms with E-state index in [1.807, 2.05) is 0 Å². The van der Waals surface area contributed by atoms with E-state index in [-0.39, 0.29) is 5.78 Å². The number of aryl methyl sites for hydroxylation is 4. The number of rotatable bonds is 3. The van der Waals surface area contributed by atoms with E-state index in [0.29, 0.717) is 6.42 Å². The Kier molecular flexibility index (Phi) is 2.73. The SMILES string of the molecule is CC(=O)CCc1c(C)[nH]c2cc3c(cc12)CCC3. The van der Waals surface area contributed by atoms with Crippen LogP contribution in [0, 0.1) is 6.92 Å². The molecule has 0 aliphatic heterocycles. The lowest BCUT2D eigenvalue weighted by molar-refractivity contribution is -0.116. The van der Waals surface area contributed by atoms with E-state index in [1.54, 1.807) is 6.92 Å². The molecule has 0 saturated carbocycles. The Morgan fingerprint density at radius 1 is 1.28 bits per heavy atom. The molecule has 1 N–H and O–H groups in total. The summed E-state index contributed by atoms with van der Waals surface area (Å²) in [6.45, 7) is 3.78. The van der Waals surface area contributed by atoms with Crippen molar-refractivity contribution in [3.8, 4) is 0 Å². The van der Waals surface area contributed by atoms with Crippen LogP contribution < -0.4 is 0 Å². The van der Waals surface area contributed by atoms with Crippen LogP contribution in [-0.4, -0.2) is 10.8 Å². The molecule has 0 saturated heterocycles. The zero-order valence-corrected chi connectivity index (χ0v) is 11.1. The molecule has 94 valence electrons. The van der Waals surface area contributed by atoms with E-state index < -0.39 is 0 Å². The van der Waals surface area contributed by atoms with Crippen LogP contribution in [0.2, 0.25) is 0 Å². The fourth-order valence-corrected chi connectivity index (χ4v) is 3.08. The largest absolute Gasteiger partial charge is 0.358 e. The van der Waals surface area contributed by atoms with Crippen molar-refractivity contribution in [1.29, 1.82) is 0 Å². The molecule has 1 heterocycles. The van der Waals surface area contributed by atoms with E-state index in [4.69, 9.17) is 0 Å². The molecule has 0 amide bonds. The van der Waals surface area contributed by atoms with Gasteiger partial charge in [-0.05, 0) is 68.4 Å². The van der Waals surface area contributed by atoms with Crippen molar-refractivity contribution in [1.82, 2.24) is 4.98 Å². The number of aromatic amines is 1. The van der Waals surface area contributed by atoms with Crippen LogP contribution >= 0.6 is 0 Å². The zero-order valence-electron chi connectivity index (χ0n) is 11.1. The molecule has 2 heteroatoms. The summed E-state index contributed by atoms with van der Waals surface area (Å²) in [4.78, 5) is 14.6. The van der Waals surface area contributed by atoms with Gasteiger partial charge in [0, 0.05) is 23.0 Å². The molecule has 0 unspecified atom stereocenters. The number of aromatic nitrogens is 1. The minimum absolute atomic E-state index is 0.268. The number of ketones is 1. The second-order valence-electron chi connectivity index (χ2n) is 5.45. The molecule has 2 aromatic rings. The van der Waals surface area contributed by atoms with Crippen molar-refractivity contribution in [2.24, 2.45) is 0 Å². The maximum atomic E-state index is 11.2. The van der Waals surface area contributed by atoms with Gasteiger partial charge in [-0.1, -0.05) is 0 Å². The van der Waals surface area contributed by atoms with Crippen molar-refractivity contribution in [3.05, 3.63) is 34.5 Å². The van der Waals surface area contributed by atoms with Crippen LogP contribution in [0.1, 0.15) is 42.1 Å². The number of carbonyl (C=O) groups excluding carboxylic acids is 1. The van der Waals surface area contributed by atoms with E-state index in [1.165, 1.54) is 52.5 Å². The van der Waals surface area contributed by atoms with Crippen LogP contribution in [-0.2, 0) is 24.1 Å². The summed E-state index contributed by atoms with van der Waals surface area (Å²) in [5, 5.41) is 1.33. The Hall–Kier alpha value is -1.57. The van der Waals surface area contributed by atoms with Gasteiger partial charge in [0.15, 0.2) is 0 Å². The first-order valence-corrected chi connectivity index (χ1v) is 6.77. The zero-order chi connectivity index (χ0) is 12.7. The van der Waals surface area contributed by atoms with Crippen LogP contribution in [0.3, 0.4) is 0 Å². The summed E-state index contributed by atoms with van der Waals surface area (Å²) in [5.74, 6) is 0.268. The second kappa shape index (κ2) is 4.27. The monoisotopic (exact) mass is 241 g/mol. The Bertz CT molecular complexity index is 622. The van der Waals surface area contributed by atoms with Gasteiger partial charge in [-0.25, -0.2) is 0 Å². The Balaban J connectivity index is 2.07. The van der Waals surface area contributed by atoms with Crippen LogP contribution in [0.4, 0.5) is 0 Å². The average Bonchev–Trinajstić information content (AvgIpc) is 2.86. The summed E-state index contributed by atoms with van der Waals surface area (Å²) in [6, 6.07) is 4.65. The first-order valence-electron chi connectivity index (χ1n) is 6.77. The van der Waals surface area contributed by atoms with E-state index in [2.05, 4.69) is 24.0 Å². The summed E-state index contributed by atoms with van der Waals surface area (Å²) >= 11 is 0. The Morgan fingerprint density at radius 3 is 2.72 bits per heavy atom. The van der Waals surface area contributed by atoms with Gasteiger partial charge in [0.2, 0.25) is 0 Å². The standard InChI is InChI=1S/C16H19NO/c1-10(18)6-7-14-11(2)17-16-9-13-5-3-4-12(13)8-15(14)16/h8-9,17H,3-7H2,1-2H3.